The summed E-state index contributed by atoms with van der Waals surface area (Å²) in [5, 5.41) is 14.5. The lowest BCUT2D eigenvalue weighted by atomic mass is 10.1. The summed E-state index contributed by atoms with van der Waals surface area (Å²) in [4.78, 5) is 29.4. The van der Waals surface area contributed by atoms with Crippen LogP contribution in [0.15, 0.2) is 69.0 Å². The second-order valence-corrected chi connectivity index (χ2v) is 10.2. The van der Waals surface area contributed by atoms with Crippen LogP contribution in [0.2, 0.25) is 5.02 Å². The quantitative estimate of drug-likeness (QED) is 0.196. The molecule has 4 aromatic rings. The molecule has 0 amide bonds. The molecule has 0 aliphatic heterocycles. The van der Waals surface area contributed by atoms with Gasteiger partial charge < -0.3 is 14.6 Å². The second-order valence-electron chi connectivity index (χ2n) is 8.86. The Labute approximate surface area is 239 Å². The molecular formula is C29H27BrClN3O5. The van der Waals surface area contributed by atoms with Crippen LogP contribution in [0.4, 0.5) is 0 Å². The Morgan fingerprint density at radius 2 is 1.97 bits per heavy atom. The highest BCUT2D eigenvalue weighted by Crippen LogP contribution is 2.37. The van der Waals surface area contributed by atoms with Crippen molar-refractivity contribution in [3.63, 3.8) is 0 Å². The molecular weight excluding hydrogens is 586 g/mol. The molecule has 1 heterocycles. The van der Waals surface area contributed by atoms with Crippen LogP contribution in [0.5, 0.6) is 11.5 Å². The third kappa shape index (κ3) is 6.49. The fraction of sp³-hybridized carbons (Fsp3) is 0.241. The van der Waals surface area contributed by atoms with Gasteiger partial charge in [0.25, 0.3) is 5.56 Å². The zero-order chi connectivity index (χ0) is 28.1. The largest absolute Gasteiger partial charge is 0.490 e. The van der Waals surface area contributed by atoms with E-state index in [1.54, 1.807) is 36.4 Å². The summed E-state index contributed by atoms with van der Waals surface area (Å²) in [5.74, 6) is 0.273. The zero-order valence-corrected chi connectivity index (χ0v) is 24.0. The van der Waals surface area contributed by atoms with Crippen molar-refractivity contribution in [2.75, 3.05) is 6.61 Å². The number of carboxylic acid groups (broad SMARTS) is 1. The summed E-state index contributed by atoms with van der Waals surface area (Å²) < 4.78 is 13.8. The van der Waals surface area contributed by atoms with Crippen molar-refractivity contribution in [1.82, 2.24) is 9.66 Å². The van der Waals surface area contributed by atoms with Gasteiger partial charge in [0.05, 0.1) is 34.3 Å². The highest BCUT2D eigenvalue weighted by Gasteiger charge is 2.17. The molecule has 0 spiro atoms. The standard InChI is InChI=1S/C29H27BrClN3O5/c1-4-17(3)27-33-24-10-9-21(30)14-22(24)28(35)34(27)32-15-19-12-23(31)26(25(13-19)38-5-2)39-16-18-7-6-8-20(11-18)29(36)37/h6-15,17H,4-5,16H2,1-3H3,(H,36,37)/t17-/m1/s1. The Morgan fingerprint density at radius 3 is 2.69 bits per heavy atom. The van der Waals surface area contributed by atoms with E-state index < -0.39 is 5.97 Å². The van der Waals surface area contributed by atoms with Crippen LogP contribution in [0.3, 0.4) is 0 Å². The Balaban J connectivity index is 1.69. The first-order valence-corrected chi connectivity index (χ1v) is 13.6. The fourth-order valence-electron chi connectivity index (χ4n) is 3.92. The molecule has 4 rings (SSSR count). The van der Waals surface area contributed by atoms with Gasteiger partial charge in [-0.1, -0.05) is 53.5 Å². The Kier molecular flexibility index (Phi) is 9.04. The maximum Gasteiger partial charge on any atom is 0.335 e. The number of ether oxygens (including phenoxy) is 2. The number of carboxylic acids is 1. The number of fused-ring (bicyclic) bond motifs is 1. The minimum atomic E-state index is -1.02. The van der Waals surface area contributed by atoms with Crippen molar-refractivity contribution in [3.8, 4) is 11.5 Å². The van der Waals surface area contributed by atoms with Gasteiger partial charge in [-0.2, -0.15) is 9.78 Å². The molecule has 0 aliphatic rings. The number of rotatable bonds is 10. The fourth-order valence-corrected chi connectivity index (χ4v) is 4.55. The van der Waals surface area contributed by atoms with E-state index in [-0.39, 0.29) is 28.7 Å². The van der Waals surface area contributed by atoms with Crippen LogP contribution in [0.1, 0.15) is 60.4 Å². The van der Waals surface area contributed by atoms with Gasteiger partial charge in [0.1, 0.15) is 12.4 Å². The molecule has 1 atom stereocenters. The predicted molar refractivity (Wildman–Crippen MR) is 156 cm³/mol. The number of aromatic nitrogens is 2. The third-order valence-electron chi connectivity index (χ3n) is 6.10. The topological polar surface area (TPSA) is 103 Å². The lowest BCUT2D eigenvalue weighted by Crippen LogP contribution is -2.23. The summed E-state index contributed by atoms with van der Waals surface area (Å²) in [5.41, 5.74) is 1.78. The number of aromatic carboxylic acids is 1. The van der Waals surface area contributed by atoms with Gasteiger partial charge in [0.15, 0.2) is 11.5 Å². The van der Waals surface area contributed by atoms with Gasteiger partial charge >= 0.3 is 5.97 Å². The molecule has 39 heavy (non-hydrogen) atoms. The minimum Gasteiger partial charge on any atom is -0.490 e. The molecule has 0 aliphatic carbocycles. The molecule has 1 aromatic heterocycles. The average Bonchev–Trinajstić information content (AvgIpc) is 2.92. The maximum atomic E-state index is 13.4. The van der Waals surface area contributed by atoms with Gasteiger partial charge in [-0.25, -0.2) is 9.78 Å². The number of benzene rings is 3. The first-order chi connectivity index (χ1) is 18.7. The summed E-state index contributed by atoms with van der Waals surface area (Å²) in [6.45, 7) is 6.33. The van der Waals surface area contributed by atoms with Crippen LogP contribution in [-0.4, -0.2) is 33.6 Å². The first kappa shape index (κ1) is 28.3. The molecule has 0 fully saturated rings. The summed E-state index contributed by atoms with van der Waals surface area (Å²) in [7, 11) is 0. The SMILES string of the molecule is CCOc1cc(C=Nn2c([C@H](C)CC)nc3ccc(Br)cc3c2=O)cc(Cl)c1OCc1cccc(C(=O)O)c1. The molecule has 0 saturated carbocycles. The summed E-state index contributed by atoms with van der Waals surface area (Å²) in [6, 6.07) is 15.3. The van der Waals surface area contributed by atoms with Crippen LogP contribution in [0, 0.1) is 0 Å². The van der Waals surface area contributed by atoms with Crippen molar-refractivity contribution in [3.05, 3.63) is 97.0 Å². The third-order valence-corrected chi connectivity index (χ3v) is 6.87. The van der Waals surface area contributed by atoms with Crippen molar-refractivity contribution >= 4 is 50.6 Å². The van der Waals surface area contributed by atoms with Gasteiger partial charge in [0, 0.05) is 10.4 Å². The van der Waals surface area contributed by atoms with E-state index in [0.717, 1.165) is 10.9 Å². The Hall–Kier alpha value is -3.69. The van der Waals surface area contributed by atoms with Crippen LogP contribution < -0.4 is 15.0 Å². The van der Waals surface area contributed by atoms with Crippen LogP contribution >= 0.6 is 27.5 Å². The van der Waals surface area contributed by atoms with Gasteiger partial charge in [0.2, 0.25) is 0 Å². The number of carbonyl (C=O) groups is 1. The lowest BCUT2D eigenvalue weighted by Gasteiger charge is -2.15. The maximum absolute atomic E-state index is 13.4. The summed E-state index contributed by atoms with van der Waals surface area (Å²) in [6.07, 6.45) is 2.32. The normalized spacial score (nSPS) is 12.1. The molecule has 0 saturated heterocycles. The van der Waals surface area contributed by atoms with Crippen molar-refractivity contribution in [2.45, 2.75) is 39.7 Å². The number of nitrogens with zero attached hydrogens (tertiary/aromatic N) is 3. The minimum absolute atomic E-state index is 0.000811. The molecule has 1 N–H and O–H groups in total. The van der Waals surface area contributed by atoms with Crippen molar-refractivity contribution in [2.24, 2.45) is 5.10 Å². The van der Waals surface area contributed by atoms with E-state index in [9.17, 15) is 14.7 Å². The smallest absolute Gasteiger partial charge is 0.335 e. The average molecular weight is 613 g/mol. The molecule has 0 radical (unpaired) electrons. The Morgan fingerprint density at radius 1 is 1.18 bits per heavy atom. The Bertz CT molecular complexity index is 1620. The first-order valence-electron chi connectivity index (χ1n) is 12.4. The van der Waals surface area contributed by atoms with E-state index in [1.807, 2.05) is 32.9 Å². The highest BCUT2D eigenvalue weighted by atomic mass is 79.9. The van der Waals surface area contributed by atoms with Crippen molar-refractivity contribution in [1.29, 1.82) is 0 Å². The van der Waals surface area contributed by atoms with E-state index in [0.29, 0.717) is 46.0 Å². The number of hydrogen-bond acceptors (Lipinski definition) is 6. The molecule has 0 bridgehead atoms. The number of halogens is 2. The van der Waals surface area contributed by atoms with Gasteiger partial charge in [-0.15, -0.1) is 0 Å². The summed E-state index contributed by atoms with van der Waals surface area (Å²) >= 11 is 10.0. The zero-order valence-electron chi connectivity index (χ0n) is 21.6. The van der Waals surface area contributed by atoms with Gasteiger partial charge in [-0.05, 0) is 66.9 Å². The second kappa shape index (κ2) is 12.4. The van der Waals surface area contributed by atoms with Crippen LogP contribution in [0.25, 0.3) is 10.9 Å². The van der Waals surface area contributed by atoms with E-state index in [2.05, 4.69) is 21.0 Å². The van der Waals surface area contributed by atoms with E-state index in [1.165, 1.54) is 17.0 Å². The monoisotopic (exact) mass is 611 g/mol. The van der Waals surface area contributed by atoms with Crippen LogP contribution in [-0.2, 0) is 6.61 Å². The lowest BCUT2D eigenvalue weighted by molar-refractivity contribution is 0.0696. The van der Waals surface area contributed by atoms with Crippen molar-refractivity contribution < 1.29 is 19.4 Å². The van der Waals surface area contributed by atoms with Gasteiger partial charge in [-0.3, -0.25) is 4.79 Å². The van der Waals surface area contributed by atoms with E-state index in [4.69, 9.17) is 26.1 Å². The number of hydrogen-bond donors (Lipinski definition) is 1. The molecule has 10 heteroatoms. The molecule has 8 nitrogen and oxygen atoms in total. The molecule has 3 aromatic carbocycles. The predicted octanol–water partition coefficient (Wildman–Crippen LogP) is 6.88. The highest BCUT2D eigenvalue weighted by molar-refractivity contribution is 9.10. The van der Waals surface area contributed by atoms with E-state index >= 15 is 0 Å². The molecule has 0 unspecified atom stereocenters. The molecule has 202 valence electrons.